The number of hydrogen-bond donors (Lipinski definition) is 1. The van der Waals surface area contributed by atoms with Gasteiger partial charge in [-0.25, -0.2) is 0 Å². The molecule has 0 unspecified atom stereocenters. The molecule has 226 valence electrons. The summed E-state index contributed by atoms with van der Waals surface area (Å²) in [5.74, 6) is 2.39. The number of methoxy groups -OCH3 is 2. The first-order chi connectivity index (χ1) is 20.8. The summed E-state index contributed by atoms with van der Waals surface area (Å²) < 4.78 is 12.4. The van der Waals surface area contributed by atoms with Gasteiger partial charge in [0.1, 0.15) is 11.5 Å². The molecule has 0 fully saturated rings. The van der Waals surface area contributed by atoms with Crippen LogP contribution in [-0.2, 0) is 20.8 Å². The molecule has 4 aromatic carbocycles. The summed E-state index contributed by atoms with van der Waals surface area (Å²) in [7, 11) is 3.29. The monoisotopic (exact) mass is 886 g/mol. The maximum Gasteiger partial charge on any atom is 1.00 e. The van der Waals surface area contributed by atoms with Gasteiger partial charge >= 0.3 is 103 Å². The van der Waals surface area contributed by atoms with Crippen molar-refractivity contribution < 1.29 is 129 Å². The molecule has 0 aromatic heterocycles. The molecule has 0 aliphatic heterocycles. The van der Waals surface area contributed by atoms with Crippen LogP contribution in [0.25, 0.3) is 0 Å². The van der Waals surface area contributed by atoms with Crippen molar-refractivity contribution in [2.45, 2.75) is 20.9 Å². The van der Waals surface area contributed by atoms with Crippen LogP contribution in [0.2, 0.25) is 0 Å². The second kappa shape index (κ2) is 29.2. The summed E-state index contributed by atoms with van der Waals surface area (Å²) in [6, 6.07) is 31.1. The summed E-state index contributed by atoms with van der Waals surface area (Å²) >= 11 is 15.9. The first-order valence-corrected chi connectivity index (χ1v) is 16.1. The minimum atomic E-state index is -0.181. The van der Waals surface area contributed by atoms with Gasteiger partial charge in [0.05, 0.1) is 42.4 Å². The van der Waals surface area contributed by atoms with Crippen molar-refractivity contribution in [3.05, 3.63) is 116 Å². The Morgan fingerprint density at radius 1 is 0.844 bits per heavy atom. The molecular formula is C31H27Br3K2N2O5S2. The van der Waals surface area contributed by atoms with Crippen molar-refractivity contribution in [2.75, 3.05) is 14.2 Å². The van der Waals surface area contributed by atoms with E-state index in [4.69, 9.17) is 30.0 Å². The number of hydrogen-bond acceptors (Lipinski definition) is 9. The van der Waals surface area contributed by atoms with Gasteiger partial charge in [-0.3, -0.25) is 4.79 Å². The molecule has 7 nitrogen and oxygen atoms in total. The number of carbonyl (C=O) groups is 1. The molecule has 0 saturated carbocycles. The number of nitrogens with zero attached hydrogens (tertiary/aromatic N) is 2. The Morgan fingerprint density at radius 2 is 1.31 bits per heavy atom. The van der Waals surface area contributed by atoms with Gasteiger partial charge < -0.3 is 21.0 Å². The molecule has 0 amide bonds. The molecule has 0 heterocycles. The Bertz CT molecular complexity index is 1550. The second-order valence-corrected chi connectivity index (χ2v) is 11.7. The fourth-order valence-electron chi connectivity index (χ4n) is 3.08. The van der Waals surface area contributed by atoms with Crippen LogP contribution >= 0.6 is 72.2 Å². The van der Waals surface area contributed by atoms with E-state index in [2.05, 4.69) is 77.4 Å². The van der Waals surface area contributed by atoms with E-state index in [1.54, 1.807) is 26.0 Å². The smallest absolute Gasteiger partial charge is 1.00 e. The summed E-state index contributed by atoms with van der Waals surface area (Å²) in [4.78, 5) is 13.2. The SMILES string of the molecule is COc1ccc(Br)cc1S.COc1ccc(Br)cc1SCc1ccccc1C#N.N#Cc1ccccc1CBr.O=CO[O-].[H-].[K+].[K+]. The minimum Gasteiger partial charge on any atom is -1.00 e. The van der Waals surface area contributed by atoms with Gasteiger partial charge in [-0.15, -0.1) is 24.4 Å². The molecule has 0 N–H and O–H groups in total. The Kier molecular flexibility index (Phi) is 30.8. The number of thiol groups is 1. The Labute approximate surface area is 385 Å². The molecular weight excluding hydrogens is 862 g/mol. The fourth-order valence-corrected chi connectivity index (χ4v) is 5.99. The van der Waals surface area contributed by atoms with Crippen LogP contribution in [0.4, 0.5) is 0 Å². The first kappa shape index (κ1) is 47.4. The van der Waals surface area contributed by atoms with Crippen molar-refractivity contribution in [1.29, 1.82) is 10.5 Å². The van der Waals surface area contributed by atoms with Crippen LogP contribution < -0.4 is 118 Å². The van der Waals surface area contributed by atoms with Gasteiger partial charge in [-0.1, -0.05) is 84.2 Å². The molecule has 45 heavy (non-hydrogen) atoms. The number of nitriles is 2. The zero-order valence-electron chi connectivity index (χ0n) is 26.0. The van der Waals surface area contributed by atoms with Gasteiger partial charge in [0, 0.05) is 24.9 Å². The third kappa shape index (κ3) is 19.2. The third-order valence-electron chi connectivity index (χ3n) is 5.11. The summed E-state index contributed by atoms with van der Waals surface area (Å²) in [5.41, 5.74) is 3.56. The van der Waals surface area contributed by atoms with Crippen LogP contribution in [-0.4, -0.2) is 20.7 Å². The molecule has 0 radical (unpaired) electrons. The molecule has 0 atom stereocenters. The van der Waals surface area contributed by atoms with E-state index in [1.807, 2.05) is 84.9 Å². The number of thioether (sulfide) groups is 1. The number of rotatable bonds is 7. The number of carbonyl (C=O) groups excluding carboxylic acids is 1. The van der Waals surface area contributed by atoms with E-state index in [1.165, 1.54) is 0 Å². The van der Waals surface area contributed by atoms with E-state index < -0.39 is 0 Å². The molecule has 0 bridgehead atoms. The molecule has 0 aliphatic rings. The zero-order valence-corrected chi connectivity index (χ0v) is 37.7. The quantitative estimate of drug-likeness (QED) is 0.0573. The summed E-state index contributed by atoms with van der Waals surface area (Å²) in [6.45, 7) is -0.181. The Morgan fingerprint density at radius 3 is 1.76 bits per heavy atom. The zero-order chi connectivity index (χ0) is 32.0. The standard InChI is InChI=1S/C15H12BrNOS.C8H6BrN.C7H7BrOS.CH2O3.2K.H/c1-18-14-7-6-13(16)8-15(14)19-10-12-5-3-2-4-11(12)9-17;9-5-7-3-1-2-4-8(7)6-10;1-9-6-3-2-5(8)4-7(6)10;2-1-4-3;;;/h2-8H,10H2,1H3;1-4H,5H2;2-4,10H,1H3;1,3H;;;/q;;;;2*+1;-1/p-1. The molecule has 0 aliphatic carbocycles. The summed E-state index contributed by atoms with van der Waals surface area (Å²) in [6.07, 6.45) is 0. The molecule has 4 aromatic rings. The van der Waals surface area contributed by atoms with Crippen LogP contribution in [0.5, 0.6) is 11.5 Å². The van der Waals surface area contributed by atoms with E-state index in [-0.39, 0.29) is 111 Å². The topological polar surface area (TPSA) is 115 Å². The van der Waals surface area contributed by atoms with Crippen LogP contribution in [0.3, 0.4) is 0 Å². The third-order valence-corrected chi connectivity index (χ3v) is 8.13. The number of ether oxygens (including phenoxy) is 2. The predicted molar refractivity (Wildman–Crippen MR) is 181 cm³/mol. The van der Waals surface area contributed by atoms with Crippen molar-refractivity contribution in [2.24, 2.45) is 0 Å². The minimum absolute atomic E-state index is 0. The van der Waals surface area contributed by atoms with E-state index in [0.717, 1.165) is 63.6 Å². The molecule has 4 rings (SSSR count). The number of alkyl halides is 1. The average Bonchev–Trinajstić information content (AvgIpc) is 3.04. The van der Waals surface area contributed by atoms with E-state index >= 15 is 0 Å². The first-order valence-electron chi connectivity index (χ1n) is 12.0. The molecule has 14 heteroatoms. The largest absolute Gasteiger partial charge is 1.00 e. The van der Waals surface area contributed by atoms with Gasteiger partial charge in [0.15, 0.2) is 0 Å². The summed E-state index contributed by atoms with van der Waals surface area (Å²) in [5, 5.41) is 26.8. The van der Waals surface area contributed by atoms with Crippen molar-refractivity contribution >= 4 is 78.7 Å². The van der Waals surface area contributed by atoms with Crippen molar-refractivity contribution in [3.63, 3.8) is 0 Å². The Balaban J connectivity index is -0.000000588. The average molecular weight is 890 g/mol. The van der Waals surface area contributed by atoms with Crippen LogP contribution in [0.15, 0.2) is 104 Å². The van der Waals surface area contributed by atoms with E-state index in [9.17, 15) is 0 Å². The van der Waals surface area contributed by atoms with Gasteiger partial charge in [-0.2, -0.15) is 10.5 Å². The molecule has 0 spiro atoms. The van der Waals surface area contributed by atoms with Crippen LogP contribution in [0, 0.1) is 22.7 Å². The Hall–Kier alpha value is 0.303. The van der Waals surface area contributed by atoms with Crippen molar-refractivity contribution in [3.8, 4) is 23.6 Å². The van der Waals surface area contributed by atoms with Gasteiger partial charge in [0.2, 0.25) is 0 Å². The fraction of sp³-hybridized carbons (Fsp3) is 0.129. The number of halogens is 3. The maximum atomic E-state index is 9.07. The second-order valence-electron chi connectivity index (χ2n) is 7.76. The van der Waals surface area contributed by atoms with Gasteiger partial charge in [0.25, 0.3) is 6.47 Å². The van der Waals surface area contributed by atoms with Gasteiger partial charge in [-0.05, 0) is 59.7 Å². The number of benzene rings is 4. The van der Waals surface area contributed by atoms with Crippen LogP contribution in [0.1, 0.15) is 23.7 Å². The van der Waals surface area contributed by atoms with E-state index in [0.29, 0.717) is 0 Å². The maximum absolute atomic E-state index is 9.07. The normalized spacial score (nSPS) is 8.73. The predicted octanol–water partition coefficient (Wildman–Crippen LogP) is 2.38. The molecule has 0 saturated heterocycles. The van der Waals surface area contributed by atoms with Crippen molar-refractivity contribution in [1.82, 2.24) is 0 Å².